The molecule has 0 bridgehead atoms. The molecular formula is C46H93NOS2. The lowest BCUT2D eigenvalue weighted by Gasteiger charge is -2.20. The fourth-order valence-corrected chi connectivity index (χ4v) is 9.75. The second-order valence-electron chi connectivity index (χ2n) is 15.8. The van der Waals surface area contributed by atoms with Crippen LogP contribution < -0.4 is 0 Å². The number of nitrogens with zero attached hydrogens (tertiary/aromatic N) is 1. The largest absolute Gasteiger partial charge is 0.392 e. The summed E-state index contributed by atoms with van der Waals surface area (Å²) in [6.45, 7) is 13.0. The van der Waals surface area contributed by atoms with Crippen molar-refractivity contribution in [2.45, 2.75) is 220 Å². The SMILES string of the molecule is CCCCCCC(CCCC)CSCCCCCCCCCN(C/C=C/CO)CCCCCCCCCSCC(CCCC)CCCCCC. The molecule has 2 atom stereocenters. The minimum Gasteiger partial charge on any atom is -0.392 e. The lowest BCUT2D eigenvalue weighted by molar-refractivity contribution is 0.284. The first kappa shape index (κ1) is 50.4. The van der Waals surface area contributed by atoms with Crippen LogP contribution >= 0.6 is 23.5 Å². The molecule has 0 spiro atoms. The minimum absolute atomic E-state index is 0.168. The molecule has 0 amide bonds. The number of hydrogen-bond donors (Lipinski definition) is 1. The van der Waals surface area contributed by atoms with E-state index in [0.717, 1.165) is 18.4 Å². The lowest BCUT2D eigenvalue weighted by atomic mass is 9.97. The summed E-state index contributed by atoms with van der Waals surface area (Å²) >= 11 is 4.50. The van der Waals surface area contributed by atoms with E-state index in [2.05, 4.69) is 62.2 Å². The molecular weight excluding hydrogens is 647 g/mol. The zero-order chi connectivity index (χ0) is 36.4. The molecule has 0 aromatic rings. The Morgan fingerprint density at radius 2 is 0.780 bits per heavy atom. The second kappa shape index (κ2) is 43.8. The molecule has 0 rings (SSSR count). The van der Waals surface area contributed by atoms with E-state index >= 15 is 0 Å². The zero-order valence-electron chi connectivity index (χ0n) is 34.9. The summed E-state index contributed by atoms with van der Waals surface area (Å²) in [6, 6.07) is 0. The van der Waals surface area contributed by atoms with E-state index in [1.54, 1.807) is 0 Å². The molecule has 2 nitrogen and oxygen atoms in total. The van der Waals surface area contributed by atoms with Gasteiger partial charge in [-0.3, -0.25) is 4.90 Å². The normalized spacial score (nSPS) is 13.2. The molecule has 2 unspecified atom stereocenters. The highest BCUT2D eigenvalue weighted by Gasteiger charge is 2.10. The minimum atomic E-state index is 0.168. The summed E-state index contributed by atoms with van der Waals surface area (Å²) < 4.78 is 0. The number of aliphatic hydroxyl groups is 1. The molecule has 1 N–H and O–H groups in total. The van der Waals surface area contributed by atoms with Crippen LogP contribution in [0.25, 0.3) is 0 Å². The van der Waals surface area contributed by atoms with Crippen LogP contribution in [0.1, 0.15) is 220 Å². The van der Waals surface area contributed by atoms with Crippen molar-refractivity contribution >= 4 is 23.5 Å². The van der Waals surface area contributed by atoms with Crippen molar-refractivity contribution in [3.63, 3.8) is 0 Å². The predicted octanol–water partition coefficient (Wildman–Crippen LogP) is 15.3. The molecule has 0 aliphatic carbocycles. The van der Waals surface area contributed by atoms with Crippen LogP contribution in [0.2, 0.25) is 0 Å². The Bertz CT molecular complexity index is 598. The number of hydrogen-bond acceptors (Lipinski definition) is 4. The van der Waals surface area contributed by atoms with Crippen molar-refractivity contribution in [2.75, 3.05) is 49.3 Å². The molecule has 0 saturated carbocycles. The molecule has 0 saturated heterocycles. The number of unbranched alkanes of at least 4 members (excludes halogenated alkanes) is 20. The van der Waals surface area contributed by atoms with Gasteiger partial charge in [0.25, 0.3) is 0 Å². The molecule has 0 fully saturated rings. The van der Waals surface area contributed by atoms with Crippen LogP contribution in [-0.4, -0.2) is 59.3 Å². The van der Waals surface area contributed by atoms with Crippen LogP contribution in [0.5, 0.6) is 0 Å². The molecule has 0 heterocycles. The van der Waals surface area contributed by atoms with E-state index in [1.807, 2.05) is 6.08 Å². The molecule has 4 heteroatoms. The van der Waals surface area contributed by atoms with E-state index in [1.165, 1.54) is 229 Å². The van der Waals surface area contributed by atoms with E-state index in [4.69, 9.17) is 0 Å². The molecule has 0 aromatic carbocycles. The van der Waals surface area contributed by atoms with Gasteiger partial charge in [0.05, 0.1) is 6.61 Å². The lowest BCUT2D eigenvalue weighted by Crippen LogP contribution is -2.26. The average molecular weight is 740 g/mol. The molecule has 300 valence electrons. The van der Waals surface area contributed by atoms with E-state index in [9.17, 15) is 5.11 Å². The van der Waals surface area contributed by atoms with Crippen LogP contribution in [0.15, 0.2) is 12.2 Å². The van der Waals surface area contributed by atoms with Crippen molar-refractivity contribution < 1.29 is 5.11 Å². The highest BCUT2D eigenvalue weighted by molar-refractivity contribution is 7.99. The fraction of sp³-hybridized carbons (Fsp3) is 0.957. The summed E-state index contributed by atoms with van der Waals surface area (Å²) in [4.78, 5) is 2.63. The Hall–Kier alpha value is 0.360. The van der Waals surface area contributed by atoms with Gasteiger partial charge in [0.15, 0.2) is 0 Å². The Morgan fingerprint density at radius 3 is 1.18 bits per heavy atom. The number of rotatable bonds is 43. The Labute approximate surface area is 325 Å². The van der Waals surface area contributed by atoms with Gasteiger partial charge in [-0.25, -0.2) is 0 Å². The van der Waals surface area contributed by atoms with E-state index < -0.39 is 0 Å². The van der Waals surface area contributed by atoms with E-state index in [-0.39, 0.29) is 6.61 Å². The standard InChI is InChI=1S/C46H93NOS2/c1-5-9-13-25-35-45(33-11-7-3)43-49-41-31-23-19-15-17-21-27-37-47(39-29-30-40-48)38-28-22-18-16-20-24-32-42-50-44-46(34-12-8-4)36-26-14-10-6-2/h29-30,45-46,48H,5-28,31-44H2,1-4H3/b30-29+. The number of thioether (sulfide) groups is 2. The fourth-order valence-electron chi connectivity index (χ4n) is 7.27. The van der Waals surface area contributed by atoms with Gasteiger partial charge in [-0.15, -0.1) is 0 Å². The molecule has 0 radical (unpaired) electrons. The molecule has 0 aliphatic rings. The third-order valence-corrected chi connectivity index (χ3v) is 13.3. The van der Waals surface area contributed by atoms with Gasteiger partial charge in [-0.05, 0) is 99.3 Å². The number of aliphatic hydroxyl groups excluding tert-OH is 1. The third kappa shape index (κ3) is 38.1. The second-order valence-corrected chi connectivity index (χ2v) is 18.1. The van der Waals surface area contributed by atoms with Gasteiger partial charge in [-0.1, -0.05) is 181 Å². The van der Waals surface area contributed by atoms with Crippen molar-refractivity contribution in [1.82, 2.24) is 4.90 Å². The van der Waals surface area contributed by atoms with Crippen molar-refractivity contribution in [2.24, 2.45) is 11.8 Å². The first-order valence-corrected chi connectivity index (χ1v) is 25.2. The van der Waals surface area contributed by atoms with Gasteiger partial charge in [-0.2, -0.15) is 23.5 Å². The topological polar surface area (TPSA) is 23.5 Å². The third-order valence-electron chi connectivity index (χ3n) is 10.7. The van der Waals surface area contributed by atoms with Gasteiger partial charge < -0.3 is 5.11 Å². The molecule has 0 aliphatic heterocycles. The first-order chi connectivity index (χ1) is 24.7. The summed E-state index contributed by atoms with van der Waals surface area (Å²) in [7, 11) is 0. The van der Waals surface area contributed by atoms with Crippen molar-refractivity contribution in [1.29, 1.82) is 0 Å². The Balaban J connectivity index is 3.86. The Kier molecular flexibility index (Phi) is 44.1. The van der Waals surface area contributed by atoms with Crippen LogP contribution in [0.4, 0.5) is 0 Å². The van der Waals surface area contributed by atoms with Crippen molar-refractivity contribution in [3.8, 4) is 0 Å². The van der Waals surface area contributed by atoms with Gasteiger partial charge >= 0.3 is 0 Å². The maximum absolute atomic E-state index is 9.21. The quantitative estimate of drug-likeness (QED) is 0.0497. The molecule has 0 aromatic heterocycles. The Morgan fingerprint density at radius 1 is 0.420 bits per heavy atom. The van der Waals surface area contributed by atoms with Crippen LogP contribution in [0.3, 0.4) is 0 Å². The first-order valence-electron chi connectivity index (χ1n) is 22.8. The molecule has 50 heavy (non-hydrogen) atoms. The highest BCUT2D eigenvalue weighted by atomic mass is 32.2. The maximum atomic E-state index is 9.21. The van der Waals surface area contributed by atoms with Crippen LogP contribution in [-0.2, 0) is 0 Å². The average Bonchev–Trinajstić information content (AvgIpc) is 3.13. The summed E-state index contributed by atoms with van der Waals surface area (Å²) in [5.41, 5.74) is 0. The smallest absolute Gasteiger partial charge is 0.0612 e. The summed E-state index contributed by atoms with van der Waals surface area (Å²) in [5.74, 6) is 7.53. The van der Waals surface area contributed by atoms with Crippen LogP contribution in [0, 0.1) is 11.8 Å². The predicted molar refractivity (Wildman–Crippen MR) is 236 cm³/mol. The maximum Gasteiger partial charge on any atom is 0.0612 e. The van der Waals surface area contributed by atoms with Gasteiger partial charge in [0, 0.05) is 6.54 Å². The van der Waals surface area contributed by atoms with E-state index in [0.29, 0.717) is 0 Å². The van der Waals surface area contributed by atoms with Gasteiger partial charge in [0.1, 0.15) is 0 Å². The van der Waals surface area contributed by atoms with Gasteiger partial charge in [0.2, 0.25) is 0 Å². The highest BCUT2D eigenvalue weighted by Crippen LogP contribution is 2.24. The summed E-state index contributed by atoms with van der Waals surface area (Å²) in [5, 5.41) is 9.21. The zero-order valence-corrected chi connectivity index (χ0v) is 36.5. The summed E-state index contributed by atoms with van der Waals surface area (Å²) in [6.07, 6.45) is 46.5. The van der Waals surface area contributed by atoms with Crippen molar-refractivity contribution in [3.05, 3.63) is 12.2 Å². The monoisotopic (exact) mass is 740 g/mol.